The Morgan fingerprint density at radius 2 is 2.42 bits per heavy atom. The lowest BCUT2D eigenvalue weighted by Gasteiger charge is -1.97. The SMILES string of the molecule is Cc1nn(CC(=O)O)c(N)c1Cl. The van der Waals surface area contributed by atoms with E-state index in [1.165, 1.54) is 0 Å². The summed E-state index contributed by atoms with van der Waals surface area (Å²) in [6.07, 6.45) is 0. The molecule has 0 fully saturated rings. The summed E-state index contributed by atoms with van der Waals surface area (Å²) in [5.41, 5.74) is 5.99. The molecule has 66 valence electrons. The van der Waals surface area contributed by atoms with E-state index in [0.717, 1.165) is 4.68 Å². The molecule has 0 saturated heterocycles. The molecule has 0 saturated carbocycles. The van der Waals surface area contributed by atoms with Crippen molar-refractivity contribution in [3.8, 4) is 0 Å². The van der Waals surface area contributed by atoms with Crippen LogP contribution in [-0.4, -0.2) is 20.9 Å². The number of hydrogen-bond donors (Lipinski definition) is 2. The third-order valence-corrected chi connectivity index (χ3v) is 1.84. The second-order valence-electron chi connectivity index (χ2n) is 2.34. The molecule has 0 amide bonds. The number of rotatable bonds is 2. The Labute approximate surface area is 73.7 Å². The lowest BCUT2D eigenvalue weighted by molar-refractivity contribution is -0.137. The van der Waals surface area contributed by atoms with Crippen LogP contribution >= 0.6 is 11.6 Å². The van der Waals surface area contributed by atoms with Gasteiger partial charge >= 0.3 is 5.97 Å². The van der Waals surface area contributed by atoms with Gasteiger partial charge in [0.2, 0.25) is 0 Å². The van der Waals surface area contributed by atoms with Crippen LogP contribution in [0.2, 0.25) is 5.02 Å². The monoisotopic (exact) mass is 189 g/mol. The van der Waals surface area contributed by atoms with Crippen molar-refractivity contribution in [1.29, 1.82) is 0 Å². The number of carbonyl (C=O) groups is 1. The van der Waals surface area contributed by atoms with Crippen molar-refractivity contribution >= 4 is 23.4 Å². The summed E-state index contributed by atoms with van der Waals surface area (Å²) in [6, 6.07) is 0. The van der Waals surface area contributed by atoms with Crippen LogP contribution in [-0.2, 0) is 11.3 Å². The number of nitrogens with zero attached hydrogens (tertiary/aromatic N) is 2. The number of carboxylic acid groups (broad SMARTS) is 1. The molecule has 3 N–H and O–H groups in total. The fraction of sp³-hybridized carbons (Fsp3) is 0.333. The molecule has 0 radical (unpaired) electrons. The van der Waals surface area contributed by atoms with E-state index < -0.39 is 5.97 Å². The summed E-state index contributed by atoms with van der Waals surface area (Å²) >= 11 is 5.68. The van der Waals surface area contributed by atoms with E-state index in [4.69, 9.17) is 22.4 Å². The average molecular weight is 190 g/mol. The van der Waals surface area contributed by atoms with Gasteiger partial charge in [-0.1, -0.05) is 11.6 Å². The Bertz CT molecular complexity index is 321. The zero-order valence-corrected chi connectivity index (χ0v) is 7.17. The van der Waals surface area contributed by atoms with Gasteiger partial charge in [0.25, 0.3) is 0 Å². The number of aliphatic carboxylic acids is 1. The highest BCUT2D eigenvalue weighted by molar-refractivity contribution is 6.33. The van der Waals surface area contributed by atoms with Crippen molar-refractivity contribution in [2.45, 2.75) is 13.5 Å². The van der Waals surface area contributed by atoms with Gasteiger partial charge in [-0.25, -0.2) is 4.68 Å². The molecule has 12 heavy (non-hydrogen) atoms. The first-order valence-corrected chi connectivity index (χ1v) is 3.60. The maximum atomic E-state index is 10.3. The molecule has 1 rings (SSSR count). The molecule has 0 aliphatic heterocycles. The maximum Gasteiger partial charge on any atom is 0.325 e. The molecule has 0 atom stereocenters. The Morgan fingerprint density at radius 1 is 1.83 bits per heavy atom. The standard InChI is InChI=1S/C6H8ClN3O2/c1-3-5(7)6(8)10(9-3)2-4(11)12/h2,8H2,1H3,(H,11,12). The molecule has 1 aromatic rings. The van der Waals surface area contributed by atoms with Gasteiger partial charge in [-0.15, -0.1) is 0 Å². The normalized spacial score (nSPS) is 10.2. The van der Waals surface area contributed by atoms with Crippen molar-refractivity contribution in [1.82, 2.24) is 9.78 Å². The van der Waals surface area contributed by atoms with Gasteiger partial charge in [0.15, 0.2) is 0 Å². The van der Waals surface area contributed by atoms with Crippen molar-refractivity contribution in [3.63, 3.8) is 0 Å². The second kappa shape index (κ2) is 3.02. The maximum absolute atomic E-state index is 10.3. The summed E-state index contributed by atoms with van der Waals surface area (Å²) in [7, 11) is 0. The molecular formula is C6H8ClN3O2. The van der Waals surface area contributed by atoms with Gasteiger partial charge in [0.1, 0.15) is 17.4 Å². The van der Waals surface area contributed by atoms with E-state index >= 15 is 0 Å². The molecule has 5 nitrogen and oxygen atoms in total. The summed E-state index contributed by atoms with van der Waals surface area (Å²) in [4.78, 5) is 10.3. The number of carboxylic acids is 1. The summed E-state index contributed by atoms with van der Waals surface area (Å²) < 4.78 is 1.15. The summed E-state index contributed by atoms with van der Waals surface area (Å²) in [5.74, 6) is -0.808. The van der Waals surface area contributed by atoms with Crippen molar-refractivity contribution in [2.24, 2.45) is 0 Å². The van der Waals surface area contributed by atoms with Crippen LogP contribution in [0.3, 0.4) is 0 Å². The minimum absolute atomic E-state index is 0.191. The first kappa shape index (κ1) is 8.86. The zero-order valence-electron chi connectivity index (χ0n) is 6.41. The molecule has 0 aliphatic rings. The largest absolute Gasteiger partial charge is 0.480 e. The molecule has 1 heterocycles. The van der Waals surface area contributed by atoms with E-state index in [2.05, 4.69) is 5.10 Å². The van der Waals surface area contributed by atoms with E-state index in [-0.39, 0.29) is 12.4 Å². The number of halogens is 1. The smallest absolute Gasteiger partial charge is 0.325 e. The lowest BCUT2D eigenvalue weighted by atomic mass is 10.5. The van der Waals surface area contributed by atoms with E-state index in [0.29, 0.717) is 10.7 Å². The van der Waals surface area contributed by atoms with Gasteiger partial charge < -0.3 is 10.8 Å². The van der Waals surface area contributed by atoms with Crippen molar-refractivity contribution in [2.75, 3.05) is 5.73 Å². The highest BCUT2D eigenvalue weighted by Gasteiger charge is 2.11. The molecule has 0 aromatic carbocycles. The van der Waals surface area contributed by atoms with Crippen LogP contribution in [0.1, 0.15) is 5.69 Å². The fourth-order valence-corrected chi connectivity index (χ4v) is 0.961. The molecule has 0 spiro atoms. The van der Waals surface area contributed by atoms with Crippen molar-refractivity contribution in [3.05, 3.63) is 10.7 Å². The molecular weight excluding hydrogens is 182 g/mol. The number of hydrogen-bond acceptors (Lipinski definition) is 3. The predicted molar refractivity (Wildman–Crippen MR) is 44.0 cm³/mol. The summed E-state index contributed by atoms with van der Waals surface area (Å²) in [6.45, 7) is 1.40. The molecule has 6 heteroatoms. The van der Waals surface area contributed by atoms with Gasteiger partial charge in [-0.2, -0.15) is 5.10 Å². The number of nitrogen functional groups attached to an aromatic ring is 1. The van der Waals surface area contributed by atoms with Crippen LogP contribution in [0.15, 0.2) is 0 Å². The van der Waals surface area contributed by atoms with Crippen LogP contribution in [0.5, 0.6) is 0 Å². The first-order chi connectivity index (χ1) is 5.52. The minimum Gasteiger partial charge on any atom is -0.480 e. The van der Waals surface area contributed by atoms with Crippen LogP contribution in [0.4, 0.5) is 5.82 Å². The Kier molecular flexibility index (Phi) is 2.23. The highest BCUT2D eigenvalue weighted by Crippen LogP contribution is 2.21. The van der Waals surface area contributed by atoms with Crippen LogP contribution in [0.25, 0.3) is 0 Å². The fourth-order valence-electron chi connectivity index (χ4n) is 0.826. The molecule has 0 aliphatic carbocycles. The number of aromatic nitrogens is 2. The first-order valence-electron chi connectivity index (χ1n) is 3.22. The van der Waals surface area contributed by atoms with Gasteiger partial charge in [0.05, 0.1) is 5.69 Å². The lowest BCUT2D eigenvalue weighted by Crippen LogP contribution is -2.12. The molecule has 1 aromatic heterocycles. The number of anilines is 1. The zero-order chi connectivity index (χ0) is 9.30. The van der Waals surface area contributed by atoms with Crippen LogP contribution in [0, 0.1) is 6.92 Å². The quantitative estimate of drug-likeness (QED) is 0.711. The topological polar surface area (TPSA) is 81.1 Å². The van der Waals surface area contributed by atoms with Gasteiger partial charge in [-0.05, 0) is 6.92 Å². The Hall–Kier alpha value is -1.23. The van der Waals surface area contributed by atoms with E-state index in [1.54, 1.807) is 6.92 Å². The Morgan fingerprint density at radius 3 is 2.75 bits per heavy atom. The van der Waals surface area contributed by atoms with E-state index in [1.807, 2.05) is 0 Å². The summed E-state index contributed by atoms with van der Waals surface area (Å²) in [5, 5.41) is 12.6. The Balaban J connectivity index is 3.01. The number of aryl methyl sites for hydroxylation is 1. The van der Waals surface area contributed by atoms with Gasteiger partial charge in [-0.3, -0.25) is 4.79 Å². The molecule has 0 unspecified atom stereocenters. The highest BCUT2D eigenvalue weighted by atomic mass is 35.5. The third kappa shape index (κ3) is 1.50. The minimum atomic E-state index is -0.999. The predicted octanol–water partition coefficient (Wildman–Crippen LogP) is 0.512. The van der Waals surface area contributed by atoms with E-state index in [9.17, 15) is 4.79 Å². The average Bonchev–Trinajstić information content (AvgIpc) is 2.17. The second-order valence-corrected chi connectivity index (χ2v) is 2.71. The number of nitrogens with two attached hydrogens (primary N) is 1. The van der Waals surface area contributed by atoms with Crippen molar-refractivity contribution < 1.29 is 9.90 Å². The third-order valence-electron chi connectivity index (χ3n) is 1.38. The van der Waals surface area contributed by atoms with Gasteiger partial charge in [0, 0.05) is 0 Å². The molecule has 0 bridgehead atoms. The van der Waals surface area contributed by atoms with Crippen LogP contribution < -0.4 is 5.73 Å².